The molecule has 2 N–H and O–H groups in total. The number of aliphatic hydroxyl groups is 1. The maximum atomic E-state index is 11.7. The van der Waals surface area contributed by atoms with Gasteiger partial charge in [0.15, 0.2) is 0 Å². The van der Waals surface area contributed by atoms with Crippen molar-refractivity contribution in [3.63, 3.8) is 0 Å². The molecule has 1 atom stereocenters. The van der Waals surface area contributed by atoms with Gasteiger partial charge in [-0.25, -0.2) is 4.79 Å². The summed E-state index contributed by atoms with van der Waals surface area (Å²) in [5.41, 5.74) is -0.675. The molecular weight excluding hydrogens is 378 g/mol. The number of unbranched alkanes of at least 4 members (excludes halogenated alkanes) is 15. The standard InChI is InChI=1S/C25H49NO4/c1-2-3-4-5-6-7-8-9-10-11-12-13-14-15-16-17-20-26-24(28)29-23-25(22-27)19-18-21-30-25/h27H,2-23H2,1H3,(H,26,28)/t25-/m0/s1. The molecule has 0 saturated carbocycles. The van der Waals surface area contributed by atoms with E-state index in [-0.39, 0.29) is 13.2 Å². The first-order chi connectivity index (χ1) is 14.7. The number of alkyl carbamates (subject to hydrolysis) is 1. The van der Waals surface area contributed by atoms with Crippen molar-refractivity contribution in [1.29, 1.82) is 0 Å². The van der Waals surface area contributed by atoms with Gasteiger partial charge in [0.2, 0.25) is 0 Å². The van der Waals surface area contributed by atoms with Gasteiger partial charge >= 0.3 is 6.09 Å². The van der Waals surface area contributed by atoms with E-state index in [0.29, 0.717) is 13.2 Å². The minimum Gasteiger partial charge on any atom is -0.446 e. The summed E-state index contributed by atoms with van der Waals surface area (Å²) in [7, 11) is 0. The van der Waals surface area contributed by atoms with Gasteiger partial charge < -0.3 is 19.9 Å². The third-order valence-electron chi connectivity index (χ3n) is 6.24. The zero-order valence-corrected chi connectivity index (χ0v) is 19.7. The summed E-state index contributed by atoms with van der Waals surface area (Å²) in [5, 5.41) is 12.2. The molecule has 0 spiro atoms. The fourth-order valence-corrected chi connectivity index (χ4v) is 4.15. The van der Waals surface area contributed by atoms with Crippen molar-refractivity contribution in [3.8, 4) is 0 Å². The number of ether oxygens (including phenoxy) is 2. The lowest BCUT2D eigenvalue weighted by Crippen LogP contribution is -2.40. The number of nitrogens with one attached hydrogen (secondary N) is 1. The molecule has 0 unspecified atom stereocenters. The number of hydrogen-bond donors (Lipinski definition) is 2. The Labute approximate surface area is 185 Å². The topological polar surface area (TPSA) is 67.8 Å². The van der Waals surface area contributed by atoms with Crippen LogP contribution >= 0.6 is 0 Å². The summed E-state index contributed by atoms with van der Waals surface area (Å²) in [6.45, 7) is 3.60. The first-order valence-electron chi connectivity index (χ1n) is 12.9. The van der Waals surface area contributed by atoms with Crippen LogP contribution in [0.15, 0.2) is 0 Å². The normalized spacial score (nSPS) is 18.6. The SMILES string of the molecule is CCCCCCCCCCCCCCCCCCNC(=O)OC[C@@]1(CO)CCCO1. The van der Waals surface area contributed by atoms with Crippen molar-refractivity contribution in [2.45, 2.75) is 128 Å². The Bertz CT molecular complexity index is 397. The van der Waals surface area contributed by atoms with Crippen LogP contribution < -0.4 is 5.32 Å². The molecule has 5 heteroatoms. The highest BCUT2D eigenvalue weighted by Gasteiger charge is 2.36. The molecule has 1 aliphatic heterocycles. The van der Waals surface area contributed by atoms with Crippen LogP contribution in [-0.2, 0) is 9.47 Å². The predicted molar refractivity (Wildman–Crippen MR) is 124 cm³/mol. The second-order valence-corrected chi connectivity index (χ2v) is 9.10. The van der Waals surface area contributed by atoms with E-state index in [1.54, 1.807) is 0 Å². The smallest absolute Gasteiger partial charge is 0.407 e. The predicted octanol–water partition coefficient (Wildman–Crippen LogP) is 6.52. The van der Waals surface area contributed by atoms with Crippen molar-refractivity contribution in [3.05, 3.63) is 0 Å². The van der Waals surface area contributed by atoms with E-state index in [1.165, 1.54) is 89.9 Å². The molecule has 0 aromatic rings. The monoisotopic (exact) mass is 427 g/mol. The van der Waals surface area contributed by atoms with Crippen molar-refractivity contribution in [2.24, 2.45) is 0 Å². The fourth-order valence-electron chi connectivity index (χ4n) is 4.15. The first-order valence-corrected chi connectivity index (χ1v) is 12.9. The Kier molecular flexibility index (Phi) is 17.2. The van der Waals surface area contributed by atoms with Gasteiger partial charge in [0.25, 0.3) is 0 Å². The zero-order valence-electron chi connectivity index (χ0n) is 19.7. The van der Waals surface area contributed by atoms with E-state index in [0.717, 1.165) is 25.7 Å². The molecule has 1 saturated heterocycles. The molecular formula is C25H49NO4. The quantitative estimate of drug-likeness (QED) is 0.217. The van der Waals surface area contributed by atoms with Crippen molar-refractivity contribution >= 4 is 6.09 Å². The Morgan fingerprint density at radius 3 is 1.80 bits per heavy atom. The maximum Gasteiger partial charge on any atom is 0.407 e. The number of amides is 1. The third-order valence-corrected chi connectivity index (χ3v) is 6.24. The van der Waals surface area contributed by atoms with Gasteiger partial charge in [0, 0.05) is 13.2 Å². The minimum atomic E-state index is -0.675. The highest BCUT2D eigenvalue weighted by molar-refractivity contribution is 5.67. The van der Waals surface area contributed by atoms with Crippen LogP contribution in [0.2, 0.25) is 0 Å². The van der Waals surface area contributed by atoms with Gasteiger partial charge in [-0.05, 0) is 19.3 Å². The molecule has 5 nitrogen and oxygen atoms in total. The van der Waals surface area contributed by atoms with Crippen molar-refractivity contribution in [2.75, 3.05) is 26.4 Å². The lowest BCUT2D eigenvalue weighted by Gasteiger charge is -2.25. The second-order valence-electron chi connectivity index (χ2n) is 9.10. The molecule has 1 heterocycles. The average Bonchev–Trinajstić information content (AvgIpc) is 3.24. The molecule has 0 aliphatic carbocycles. The third kappa shape index (κ3) is 14.2. The van der Waals surface area contributed by atoms with Crippen LogP contribution in [0.1, 0.15) is 122 Å². The van der Waals surface area contributed by atoms with Crippen LogP contribution in [0, 0.1) is 0 Å². The van der Waals surface area contributed by atoms with Crippen LogP contribution in [0.25, 0.3) is 0 Å². The maximum absolute atomic E-state index is 11.7. The molecule has 1 aliphatic rings. The summed E-state index contributed by atoms with van der Waals surface area (Å²) in [6, 6.07) is 0. The second kappa shape index (κ2) is 18.9. The van der Waals surface area contributed by atoms with E-state index >= 15 is 0 Å². The fraction of sp³-hybridized carbons (Fsp3) is 0.960. The highest BCUT2D eigenvalue weighted by Crippen LogP contribution is 2.25. The van der Waals surface area contributed by atoms with E-state index in [2.05, 4.69) is 12.2 Å². The van der Waals surface area contributed by atoms with Gasteiger partial charge in [-0.2, -0.15) is 0 Å². The molecule has 0 radical (unpaired) electrons. The summed E-state index contributed by atoms with van der Waals surface area (Å²) in [5.74, 6) is 0. The molecule has 0 aromatic carbocycles. The summed E-state index contributed by atoms with van der Waals surface area (Å²) < 4.78 is 10.7. The largest absolute Gasteiger partial charge is 0.446 e. The molecule has 1 amide bonds. The van der Waals surface area contributed by atoms with Gasteiger partial charge in [0.1, 0.15) is 12.2 Å². The van der Waals surface area contributed by atoms with Crippen LogP contribution in [-0.4, -0.2) is 43.2 Å². The van der Waals surface area contributed by atoms with Crippen molar-refractivity contribution in [1.82, 2.24) is 5.32 Å². The van der Waals surface area contributed by atoms with Crippen LogP contribution in [0.5, 0.6) is 0 Å². The Morgan fingerprint density at radius 1 is 0.867 bits per heavy atom. The Balaban J connectivity index is 1.76. The van der Waals surface area contributed by atoms with E-state index in [9.17, 15) is 9.90 Å². The first kappa shape index (κ1) is 27.2. The van der Waals surface area contributed by atoms with E-state index in [4.69, 9.17) is 9.47 Å². The van der Waals surface area contributed by atoms with Gasteiger partial charge in [-0.15, -0.1) is 0 Å². The zero-order chi connectivity index (χ0) is 21.8. The molecule has 1 fully saturated rings. The summed E-state index contributed by atoms with van der Waals surface area (Å²) in [4.78, 5) is 11.7. The van der Waals surface area contributed by atoms with Gasteiger partial charge in [0.05, 0.1) is 6.61 Å². The number of carbonyl (C=O) groups excluding carboxylic acids is 1. The van der Waals surface area contributed by atoms with Gasteiger partial charge in [-0.3, -0.25) is 0 Å². The van der Waals surface area contributed by atoms with Crippen molar-refractivity contribution < 1.29 is 19.4 Å². The summed E-state index contributed by atoms with van der Waals surface area (Å²) in [6.07, 6.45) is 22.8. The minimum absolute atomic E-state index is 0.0978. The average molecular weight is 428 g/mol. The lowest BCUT2D eigenvalue weighted by atomic mass is 10.0. The summed E-state index contributed by atoms with van der Waals surface area (Å²) >= 11 is 0. The van der Waals surface area contributed by atoms with E-state index < -0.39 is 11.7 Å². The molecule has 1 rings (SSSR count). The Hall–Kier alpha value is -0.810. The molecule has 0 aromatic heterocycles. The van der Waals surface area contributed by atoms with Gasteiger partial charge in [-0.1, -0.05) is 103 Å². The Morgan fingerprint density at radius 2 is 1.37 bits per heavy atom. The molecule has 30 heavy (non-hydrogen) atoms. The number of rotatable bonds is 20. The van der Waals surface area contributed by atoms with Crippen LogP contribution in [0.4, 0.5) is 4.79 Å². The lowest BCUT2D eigenvalue weighted by molar-refractivity contribution is -0.0745. The molecule has 178 valence electrons. The number of carbonyl (C=O) groups is 1. The van der Waals surface area contributed by atoms with E-state index in [1.807, 2.05) is 0 Å². The van der Waals surface area contributed by atoms with Crippen LogP contribution in [0.3, 0.4) is 0 Å². The number of hydrogen-bond acceptors (Lipinski definition) is 4. The highest BCUT2D eigenvalue weighted by atomic mass is 16.6. The molecule has 0 bridgehead atoms. The number of aliphatic hydroxyl groups excluding tert-OH is 1.